The van der Waals surface area contributed by atoms with Crippen LogP contribution in [0.4, 0.5) is 0 Å². The van der Waals surface area contributed by atoms with Gasteiger partial charge in [-0.15, -0.1) is 11.3 Å². The first-order chi connectivity index (χ1) is 8.65. The van der Waals surface area contributed by atoms with Gasteiger partial charge in [0.2, 0.25) is 0 Å². The highest BCUT2D eigenvalue weighted by atomic mass is 32.2. The van der Waals surface area contributed by atoms with Crippen LogP contribution in [0.5, 0.6) is 0 Å². The fraction of sp³-hybridized carbons (Fsp3) is 0.692. The Bertz CT molecular complexity index is 584. The van der Waals surface area contributed by atoms with Gasteiger partial charge in [0, 0.05) is 23.8 Å². The van der Waals surface area contributed by atoms with Crippen LogP contribution in [0.25, 0.3) is 0 Å². The molecule has 0 aliphatic heterocycles. The number of methoxy groups -OCH3 is 1. The summed E-state index contributed by atoms with van der Waals surface area (Å²) in [6.45, 7) is 4.58. The molecule has 0 amide bonds. The van der Waals surface area contributed by atoms with Crippen molar-refractivity contribution in [2.24, 2.45) is 5.41 Å². The van der Waals surface area contributed by atoms with E-state index in [-0.39, 0.29) is 5.41 Å². The first-order valence-electron chi connectivity index (χ1n) is 6.17. The molecule has 1 unspecified atom stereocenters. The molecule has 1 N–H and O–H groups in total. The number of sulfone groups is 1. The molecular weight excluding hydrogens is 284 g/mol. The van der Waals surface area contributed by atoms with Gasteiger partial charge in [-0.1, -0.05) is 13.8 Å². The Morgan fingerprint density at radius 2 is 2.11 bits per heavy atom. The van der Waals surface area contributed by atoms with E-state index in [1.54, 1.807) is 7.11 Å². The molecule has 1 heterocycles. The van der Waals surface area contributed by atoms with Crippen molar-refractivity contribution in [2.75, 3.05) is 13.4 Å². The highest BCUT2D eigenvalue weighted by Gasteiger charge is 2.38. The molecule has 1 aromatic rings. The van der Waals surface area contributed by atoms with Gasteiger partial charge in [0.05, 0.1) is 12.7 Å². The number of hydrogen-bond acceptors (Lipinski definition) is 5. The second-order valence-corrected chi connectivity index (χ2v) is 9.29. The van der Waals surface area contributed by atoms with E-state index < -0.39 is 15.9 Å². The first kappa shape index (κ1) is 15.0. The van der Waals surface area contributed by atoms with Crippen molar-refractivity contribution in [2.45, 2.75) is 43.6 Å². The number of thiophene rings is 1. The lowest BCUT2D eigenvalue weighted by Gasteiger charge is -2.34. The SMILES string of the molecule is COCc1sc(S(C)(=O)=O)c2c1CC(C)(C)CC2O. The molecule has 6 heteroatoms. The fourth-order valence-corrected chi connectivity index (χ4v) is 5.37. The van der Waals surface area contributed by atoms with E-state index in [9.17, 15) is 13.5 Å². The van der Waals surface area contributed by atoms with Gasteiger partial charge in [0.25, 0.3) is 0 Å². The maximum absolute atomic E-state index is 11.9. The van der Waals surface area contributed by atoms with Gasteiger partial charge >= 0.3 is 0 Å². The molecule has 1 aliphatic carbocycles. The zero-order valence-electron chi connectivity index (χ0n) is 11.7. The Morgan fingerprint density at radius 3 is 2.63 bits per heavy atom. The van der Waals surface area contributed by atoms with Crippen molar-refractivity contribution in [3.05, 3.63) is 16.0 Å². The molecule has 0 fully saturated rings. The minimum absolute atomic E-state index is 0.0231. The molecule has 0 aromatic carbocycles. The third-order valence-electron chi connectivity index (χ3n) is 3.44. The highest BCUT2D eigenvalue weighted by Crippen LogP contribution is 2.48. The number of fused-ring (bicyclic) bond motifs is 1. The predicted octanol–water partition coefficient (Wildman–Crippen LogP) is 2.30. The highest BCUT2D eigenvalue weighted by molar-refractivity contribution is 7.92. The maximum atomic E-state index is 11.9. The summed E-state index contributed by atoms with van der Waals surface area (Å²) < 4.78 is 29.2. The number of hydrogen-bond donors (Lipinski definition) is 1. The standard InChI is InChI=1S/C13H20O4S2/c1-13(2)5-8-10(7-17-3)18-12(19(4,15)16)11(8)9(14)6-13/h9,14H,5-7H2,1-4H3. The van der Waals surface area contributed by atoms with Crippen molar-refractivity contribution < 1.29 is 18.3 Å². The largest absolute Gasteiger partial charge is 0.388 e. The number of aliphatic hydroxyl groups excluding tert-OH is 1. The lowest BCUT2D eigenvalue weighted by Crippen LogP contribution is -2.26. The normalized spacial score (nSPS) is 22.3. The van der Waals surface area contributed by atoms with Gasteiger partial charge in [-0.2, -0.15) is 0 Å². The van der Waals surface area contributed by atoms with Crippen LogP contribution in [-0.2, 0) is 27.6 Å². The molecular formula is C13H20O4S2. The average Bonchev–Trinajstić information content (AvgIpc) is 2.56. The van der Waals surface area contributed by atoms with E-state index in [1.165, 1.54) is 17.6 Å². The van der Waals surface area contributed by atoms with Crippen LogP contribution in [0.2, 0.25) is 0 Å². The number of aliphatic hydroxyl groups is 1. The summed E-state index contributed by atoms with van der Waals surface area (Å²) in [5.41, 5.74) is 1.56. The van der Waals surface area contributed by atoms with Crippen molar-refractivity contribution in [3.63, 3.8) is 0 Å². The van der Waals surface area contributed by atoms with Gasteiger partial charge in [-0.3, -0.25) is 0 Å². The van der Waals surface area contributed by atoms with Gasteiger partial charge in [0.15, 0.2) is 9.84 Å². The first-order valence-corrected chi connectivity index (χ1v) is 8.88. The van der Waals surface area contributed by atoms with Crippen LogP contribution in [-0.4, -0.2) is 26.9 Å². The predicted molar refractivity (Wildman–Crippen MR) is 75.2 cm³/mol. The van der Waals surface area contributed by atoms with Crippen molar-refractivity contribution in [1.29, 1.82) is 0 Å². The molecule has 19 heavy (non-hydrogen) atoms. The zero-order valence-corrected chi connectivity index (χ0v) is 13.3. The second-order valence-electron chi connectivity index (χ2n) is 5.97. The maximum Gasteiger partial charge on any atom is 0.185 e. The van der Waals surface area contributed by atoms with Crippen LogP contribution < -0.4 is 0 Å². The minimum atomic E-state index is -3.31. The smallest absolute Gasteiger partial charge is 0.185 e. The van der Waals surface area contributed by atoms with Crippen LogP contribution in [0.15, 0.2) is 4.21 Å². The Kier molecular flexibility index (Phi) is 3.81. The molecule has 0 saturated heterocycles. The van der Waals surface area contributed by atoms with E-state index in [1.807, 2.05) is 0 Å². The molecule has 1 aliphatic rings. The molecule has 1 aromatic heterocycles. The molecule has 0 spiro atoms. The third kappa shape index (κ3) is 2.86. The summed E-state index contributed by atoms with van der Waals surface area (Å²) in [6, 6.07) is 0. The summed E-state index contributed by atoms with van der Waals surface area (Å²) in [4.78, 5) is 0.921. The molecule has 0 saturated carbocycles. The van der Waals surface area contributed by atoms with Crippen molar-refractivity contribution in [3.8, 4) is 0 Å². The van der Waals surface area contributed by atoms with Gasteiger partial charge < -0.3 is 9.84 Å². The summed E-state index contributed by atoms with van der Waals surface area (Å²) in [6.07, 6.45) is 1.86. The molecule has 4 nitrogen and oxygen atoms in total. The monoisotopic (exact) mass is 304 g/mol. The van der Waals surface area contributed by atoms with E-state index in [0.29, 0.717) is 22.8 Å². The summed E-state index contributed by atoms with van der Waals surface area (Å²) in [7, 11) is -1.72. The molecule has 108 valence electrons. The summed E-state index contributed by atoms with van der Waals surface area (Å²) >= 11 is 1.24. The summed E-state index contributed by atoms with van der Waals surface area (Å²) in [5, 5.41) is 10.3. The quantitative estimate of drug-likeness (QED) is 0.930. The van der Waals surface area contributed by atoms with Gasteiger partial charge in [-0.05, 0) is 23.8 Å². The van der Waals surface area contributed by atoms with Gasteiger partial charge in [0.1, 0.15) is 4.21 Å². The van der Waals surface area contributed by atoms with E-state index >= 15 is 0 Å². The van der Waals surface area contributed by atoms with Crippen LogP contribution >= 0.6 is 11.3 Å². The lowest BCUT2D eigenvalue weighted by atomic mass is 9.73. The Labute approximate surface area is 118 Å². The molecule has 0 radical (unpaired) electrons. The average molecular weight is 304 g/mol. The topological polar surface area (TPSA) is 63.6 Å². The summed E-state index contributed by atoms with van der Waals surface area (Å²) in [5.74, 6) is 0. The number of ether oxygens (including phenoxy) is 1. The third-order valence-corrected chi connectivity index (χ3v) is 6.51. The van der Waals surface area contributed by atoms with Crippen LogP contribution in [0, 0.1) is 5.41 Å². The minimum Gasteiger partial charge on any atom is -0.388 e. The molecule has 2 rings (SSSR count). The van der Waals surface area contributed by atoms with E-state index in [0.717, 1.165) is 16.9 Å². The Morgan fingerprint density at radius 1 is 1.47 bits per heavy atom. The van der Waals surface area contributed by atoms with Crippen molar-refractivity contribution >= 4 is 21.2 Å². The van der Waals surface area contributed by atoms with E-state index in [2.05, 4.69) is 13.8 Å². The van der Waals surface area contributed by atoms with Crippen LogP contribution in [0.3, 0.4) is 0 Å². The number of rotatable bonds is 3. The van der Waals surface area contributed by atoms with Gasteiger partial charge in [-0.25, -0.2) is 8.42 Å². The molecule has 1 atom stereocenters. The van der Waals surface area contributed by atoms with E-state index in [4.69, 9.17) is 4.74 Å². The molecule has 0 bridgehead atoms. The lowest BCUT2D eigenvalue weighted by molar-refractivity contribution is 0.0969. The Hall–Kier alpha value is -0.430. The Balaban J connectivity index is 2.64. The second kappa shape index (κ2) is 4.84. The van der Waals surface area contributed by atoms with Crippen molar-refractivity contribution in [1.82, 2.24) is 0 Å². The fourth-order valence-electron chi connectivity index (χ4n) is 2.73. The van der Waals surface area contributed by atoms with Crippen LogP contribution in [0.1, 0.15) is 42.4 Å². The zero-order chi connectivity index (χ0) is 14.4.